The van der Waals surface area contributed by atoms with Gasteiger partial charge < -0.3 is 14.4 Å². The molecule has 6 heteroatoms. The summed E-state index contributed by atoms with van der Waals surface area (Å²) >= 11 is 0. The molecule has 0 saturated carbocycles. The highest BCUT2D eigenvalue weighted by molar-refractivity contribution is 5.95. The number of carbonyl (C=O) groups is 2. The first kappa shape index (κ1) is 22.5. The van der Waals surface area contributed by atoms with Crippen LogP contribution in [0.5, 0.6) is 0 Å². The van der Waals surface area contributed by atoms with Gasteiger partial charge in [-0.25, -0.2) is 4.98 Å². The lowest BCUT2D eigenvalue weighted by atomic mass is 10.0. The summed E-state index contributed by atoms with van der Waals surface area (Å²) in [5, 5.41) is 0. The normalized spacial score (nSPS) is 17.6. The van der Waals surface area contributed by atoms with Gasteiger partial charge in [-0.15, -0.1) is 0 Å². The molecule has 2 aliphatic rings. The number of para-hydroxylation sites is 3. The van der Waals surface area contributed by atoms with Gasteiger partial charge in [-0.2, -0.15) is 0 Å². The third kappa shape index (κ3) is 4.28. The maximum Gasteiger partial charge on any atom is 0.246 e. The second-order valence-electron chi connectivity index (χ2n) is 9.80. The monoisotopic (exact) mass is 478 g/mol. The van der Waals surface area contributed by atoms with Gasteiger partial charge in [0.1, 0.15) is 12.4 Å². The molecule has 0 radical (unpaired) electrons. The Morgan fingerprint density at radius 2 is 1.72 bits per heavy atom. The molecule has 2 amide bonds. The van der Waals surface area contributed by atoms with E-state index in [9.17, 15) is 9.59 Å². The van der Waals surface area contributed by atoms with Crippen LogP contribution in [0, 0.1) is 0 Å². The molecule has 6 nitrogen and oxygen atoms in total. The number of hydrogen-bond donors (Lipinski definition) is 0. The smallest absolute Gasteiger partial charge is 0.246 e. The molecule has 1 aromatic heterocycles. The maximum atomic E-state index is 13.6. The second-order valence-corrected chi connectivity index (χ2v) is 9.80. The summed E-state index contributed by atoms with van der Waals surface area (Å²) < 4.78 is 2.05. The molecule has 182 valence electrons. The molecule has 3 heterocycles. The molecular formula is C30H30N4O2. The lowest BCUT2D eigenvalue weighted by molar-refractivity contribution is -0.127. The van der Waals surface area contributed by atoms with Gasteiger partial charge in [0, 0.05) is 37.7 Å². The van der Waals surface area contributed by atoms with Gasteiger partial charge in [-0.1, -0.05) is 60.7 Å². The number of hydrogen-bond acceptors (Lipinski definition) is 3. The zero-order chi connectivity index (χ0) is 24.5. The van der Waals surface area contributed by atoms with Crippen molar-refractivity contribution in [1.29, 1.82) is 0 Å². The van der Waals surface area contributed by atoms with Crippen LogP contribution in [-0.4, -0.2) is 45.9 Å². The minimum atomic E-state index is -0.0258. The minimum absolute atomic E-state index is 0.0258. The molecular weight excluding hydrogens is 448 g/mol. The second kappa shape index (κ2) is 9.61. The Hall–Kier alpha value is -3.93. The van der Waals surface area contributed by atoms with Gasteiger partial charge in [0.25, 0.3) is 0 Å². The first-order valence-corrected chi connectivity index (χ1v) is 12.8. The van der Waals surface area contributed by atoms with E-state index in [1.165, 1.54) is 11.1 Å². The predicted octanol–water partition coefficient (Wildman–Crippen LogP) is 4.57. The van der Waals surface area contributed by atoms with E-state index in [4.69, 9.17) is 4.98 Å². The van der Waals surface area contributed by atoms with Gasteiger partial charge in [0.15, 0.2) is 0 Å². The van der Waals surface area contributed by atoms with Crippen LogP contribution in [0.4, 0.5) is 5.69 Å². The average Bonchev–Trinajstić information content (AvgIpc) is 3.47. The predicted molar refractivity (Wildman–Crippen MR) is 141 cm³/mol. The fraction of sp³-hybridized carbons (Fsp3) is 0.300. The largest absolute Gasteiger partial charge is 0.342 e. The Balaban J connectivity index is 1.26. The highest BCUT2D eigenvalue weighted by Crippen LogP contribution is 2.32. The molecule has 0 aliphatic carbocycles. The number of imidazole rings is 1. The van der Waals surface area contributed by atoms with Crippen LogP contribution >= 0.6 is 0 Å². The van der Waals surface area contributed by atoms with E-state index in [1.54, 1.807) is 0 Å². The number of fused-ring (bicyclic) bond motifs is 2. The fourth-order valence-electron chi connectivity index (χ4n) is 5.66. The Kier molecular flexibility index (Phi) is 6.01. The summed E-state index contributed by atoms with van der Waals surface area (Å²) in [7, 11) is 0. The van der Waals surface area contributed by atoms with Crippen molar-refractivity contribution >= 4 is 28.5 Å². The van der Waals surface area contributed by atoms with Crippen molar-refractivity contribution in [1.82, 2.24) is 14.5 Å². The molecule has 6 rings (SSSR count). The van der Waals surface area contributed by atoms with Crippen molar-refractivity contribution in [3.63, 3.8) is 0 Å². The summed E-state index contributed by atoms with van der Waals surface area (Å²) in [5.74, 6) is 1.04. The van der Waals surface area contributed by atoms with E-state index in [0.29, 0.717) is 19.5 Å². The minimum Gasteiger partial charge on any atom is -0.342 e. The summed E-state index contributed by atoms with van der Waals surface area (Å²) in [6.45, 7) is 2.28. The summed E-state index contributed by atoms with van der Waals surface area (Å²) in [6, 6.07) is 26.4. The molecule has 2 aliphatic heterocycles. The van der Waals surface area contributed by atoms with Crippen LogP contribution in [0.3, 0.4) is 0 Å². The Labute approximate surface area is 211 Å². The molecule has 36 heavy (non-hydrogen) atoms. The number of carbonyl (C=O) groups excluding carboxylic acids is 2. The van der Waals surface area contributed by atoms with Crippen molar-refractivity contribution in [3.05, 3.63) is 95.8 Å². The molecule has 1 unspecified atom stereocenters. The average molecular weight is 479 g/mol. The lowest BCUT2D eigenvalue weighted by Gasteiger charge is -2.30. The molecule has 0 bridgehead atoms. The molecule has 4 aromatic rings. The fourth-order valence-corrected chi connectivity index (χ4v) is 5.66. The van der Waals surface area contributed by atoms with E-state index in [2.05, 4.69) is 18.2 Å². The highest BCUT2D eigenvalue weighted by atomic mass is 16.2. The highest BCUT2D eigenvalue weighted by Gasteiger charge is 2.34. The third-order valence-electron chi connectivity index (χ3n) is 7.48. The summed E-state index contributed by atoms with van der Waals surface area (Å²) in [4.78, 5) is 35.4. The number of aryl methyl sites for hydroxylation is 1. The van der Waals surface area contributed by atoms with E-state index in [-0.39, 0.29) is 24.3 Å². The van der Waals surface area contributed by atoms with Crippen molar-refractivity contribution in [2.75, 3.05) is 24.5 Å². The van der Waals surface area contributed by atoms with Crippen LogP contribution in [-0.2, 0) is 29.0 Å². The number of anilines is 1. The van der Waals surface area contributed by atoms with Gasteiger partial charge in [0.2, 0.25) is 11.8 Å². The van der Waals surface area contributed by atoms with Crippen molar-refractivity contribution < 1.29 is 9.59 Å². The van der Waals surface area contributed by atoms with Gasteiger partial charge in [-0.05, 0) is 48.6 Å². The van der Waals surface area contributed by atoms with Gasteiger partial charge in [-0.3, -0.25) is 9.59 Å². The number of aromatic nitrogens is 2. The first-order valence-electron chi connectivity index (χ1n) is 12.8. The number of benzene rings is 3. The molecule has 1 fully saturated rings. The van der Waals surface area contributed by atoms with Gasteiger partial charge >= 0.3 is 0 Å². The standard InChI is InChI=1S/C30H30N4O2/c35-28-19-24(20-32(28)18-16-22-9-2-1-3-10-22)30-31-25-13-5-7-15-27(25)34(30)21-29(36)33-17-8-12-23-11-4-6-14-26(23)33/h1-7,9-11,13-15,24H,8,12,16-21H2. The lowest BCUT2D eigenvalue weighted by Crippen LogP contribution is -2.38. The number of amides is 2. The van der Waals surface area contributed by atoms with E-state index >= 15 is 0 Å². The molecule has 3 aromatic carbocycles. The van der Waals surface area contributed by atoms with Crippen LogP contribution < -0.4 is 4.90 Å². The van der Waals surface area contributed by atoms with Crippen molar-refractivity contribution in [2.45, 2.75) is 38.1 Å². The van der Waals surface area contributed by atoms with E-state index in [1.807, 2.05) is 75.0 Å². The molecule has 1 atom stereocenters. The SMILES string of the molecule is O=C1CC(c2nc3ccccc3n2CC(=O)N2CCCc3ccccc32)CN1CCc1ccccc1. The Morgan fingerprint density at radius 3 is 2.61 bits per heavy atom. The van der Waals surface area contributed by atoms with Gasteiger partial charge in [0.05, 0.1) is 11.0 Å². The third-order valence-corrected chi connectivity index (χ3v) is 7.48. The van der Waals surface area contributed by atoms with Crippen molar-refractivity contribution in [2.24, 2.45) is 0 Å². The topological polar surface area (TPSA) is 58.4 Å². The summed E-state index contributed by atoms with van der Waals surface area (Å²) in [5.41, 5.74) is 5.29. The molecule has 0 N–H and O–H groups in total. The van der Waals surface area contributed by atoms with Crippen LogP contribution in [0.1, 0.15) is 35.7 Å². The maximum absolute atomic E-state index is 13.6. The quantitative estimate of drug-likeness (QED) is 0.408. The van der Waals surface area contributed by atoms with Crippen LogP contribution in [0.2, 0.25) is 0 Å². The van der Waals surface area contributed by atoms with Crippen LogP contribution in [0.15, 0.2) is 78.9 Å². The zero-order valence-electron chi connectivity index (χ0n) is 20.3. The number of nitrogens with zero attached hydrogens (tertiary/aromatic N) is 4. The van der Waals surface area contributed by atoms with Crippen molar-refractivity contribution in [3.8, 4) is 0 Å². The zero-order valence-corrected chi connectivity index (χ0v) is 20.3. The first-order chi connectivity index (χ1) is 17.7. The Morgan fingerprint density at radius 1 is 0.944 bits per heavy atom. The number of rotatable bonds is 6. The van der Waals surface area contributed by atoms with E-state index in [0.717, 1.165) is 48.4 Å². The Bertz CT molecular complexity index is 1410. The summed E-state index contributed by atoms with van der Waals surface area (Å²) in [6.07, 6.45) is 3.23. The number of likely N-dealkylation sites (tertiary alicyclic amines) is 1. The molecule has 1 saturated heterocycles. The van der Waals surface area contributed by atoms with Crippen LogP contribution in [0.25, 0.3) is 11.0 Å². The van der Waals surface area contributed by atoms with E-state index < -0.39 is 0 Å². The molecule has 0 spiro atoms.